The highest BCUT2D eigenvalue weighted by molar-refractivity contribution is 6.31. The van der Waals surface area contributed by atoms with Gasteiger partial charge in [0.25, 0.3) is 0 Å². The average Bonchev–Trinajstić information content (AvgIpc) is 2.67. The molecule has 0 spiro atoms. The first-order chi connectivity index (χ1) is 12.7. The number of nitrogens with zero attached hydrogens (tertiary/aromatic N) is 1. The molecule has 3 rings (SSSR count). The molecule has 0 bridgehead atoms. The lowest BCUT2D eigenvalue weighted by molar-refractivity contribution is 0.306. The Kier molecular flexibility index (Phi) is 6.32. The molecule has 0 heterocycles. The molecule has 26 heavy (non-hydrogen) atoms. The lowest BCUT2D eigenvalue weighted by Gasteiger charge is -2.10. The van der Waals surface area contributed by atoms with Crippen LogP contribution in [0.2, 0.25) is 10.0 Å². The van der Waals surface area contributed by atoms with Crippen LogP contribution in [-0.4, -0.2) is 6.21 Å². The monoisotopic (exact) mass is 383 g/mol. The fourth-order valence-corrected chi connectivity index (χ4v) is 2.86. The Labute approximate surface area is 164 Å². The number of rotatable bonds is 6. The molecule has 132 valence electrons. The van der Waals surface area contributed by atoms with Crippen LogP contribution < -0.4 is 4.74 Å². The van der Waals surface area contributed by atoms with Crippen molar-refractivity contribution in [1.82, 2.24) is 0 Å². The molecule has 0 amide bonds. The third kappa shape index (κ3) is 4.87. The molecule has 3 aromatic rings. The van der Waals surface area contributed by atoms with Gasteiger partial charge in [-0.15, -0.1) is 0 Å². The van der Waals surface area contributed by atoms with E-state index in [2.05, 4.69) is 24.0 Å². The van der Waals surface area contributed by atoms with Crippen molar-refractivity contribution in [2.24, 2.45) is 4.99 Å². The predicted octanol–water partition coefficient (Wildman–Crippen LogP) is 6.89. The van der Waals surface area contributed by atoms with E-state index >= 15 is 0 Å². The Morgan fingerprint density at radius 2 is 1.73 bits per heavy atom. The van der Waals surface area contributed by atoms with E-state index < -0.39 is 0 Å². The summed E-state index contributed by atoms with van der Waals surface area (Å²) in [6, 6.07) is 21.3. The van der Waals surface area contributed by atoms with Gasteiger partial charge in [-0.25, -0.2) is 0 Å². The second-order valence-electron chi connectivity index (χ2n) is 5.84. The first-order valence-corrected chi connectivity index (χ1v) is 9.20. The highest BCUT2D eigenvalue weighted by atomic mass is 35.5. The van der Waals surface area contributed by atoms with E-state index in [1.165, 1.54) is 5.56 Å². The minimum atomic E-state index is 0.382. The van der Waals surface area contributed by atoms with Gasteiger partial charge in [-0.05, 0) is 48.4 Å². The van der Waals surface area contributed by atoms with Crippen molar-refractivity contribution in [2.75, 3.05) is 0 Å². The van der Waals surface area contributed by atoms with Crippen molar-refractivity contribution in [3.63, 3.8) is 0 Å². The van der Waals surface area contributed by atoms with E-state index in [9.17, 15) is 0 Å². The van der Waals surface area contributed by atoms with Crippen LogP contribution >= 0.6 is 23.2 Å². The standard InChI is InChI=1S/C22H19Cl2NO/c1-2-16-7-10-20(11-8-16)25-14-18-13-19(23)9-12-22(18)26-15-17-5-3-4-6-21(17)24/h3-14H,2,15H2,1H3. The van der Waals surface area contributed by atoms with E-state index in [0.717, 1.165) is 23.2 Å². The summed E-state index contributed by atoms with van der Waals surface area (Å²) < 4.78 is 5.95. The topological polar surface area (TPSA) is 21.6 Å². The van der Waals surface area contributed by atoms with Crippen LogP contribution in [0.4, 0.5) is 5.69 Å². The van der Waals surface area contributed by atoms with Crippen LogP contribution in [0, 0.1) is 0 Å². The fourth-order valence-electron chi connectivity index (χ4n) is 2.48. The van der Waals surface area contributed by atoms with Gasteiger partial charge in [0, 0.05) is 27.4 Å². The molecule has 0 atom stereocenters. The highest BCUT2D eigenvalue weighted by Crippen LogP contribution is 2.25. The van der Waals surface area contributed by atoms with Crippen molar-refractivity contribution < 1.29 is 4.74 Å². The number of hydrogen-bond acceptors (Lipinski definition) is 2. The van der Waals surface area contributed by atoms with E-state index in [1.807, 2.05) is 48.5 Å². The Bertz CT molecular complexity index is 904. The van der Waals surface area contributed by atoms with Crippen LogP contribution in [0.1, 0.15) is 23.6 Å². The number of hydrogen-bond donors (Lipinski definition) is 0. The second-order valence-corrected chi connectivity index (χ2v) is 6.68. The lowest BCUT2D eigenvalue weighted by Crippen LogP contribution is -1.99. The van der Waals surface area contributed by atoms with Crippen LogP contribution in [-0.2, 0) is 13.0 Å². The third-order valence-corrected chi connectivity index (χ3v) is 4.61. The summed E-state index contributed by atoms with van der Waals surface area (Å²) in [6.07, 6.45) is 2.78. The highest BCUT2D eigenvalue weighted by Gasteiger charge is 2.05. The average molecular weight is 384 g/mol. The summed E-state index contributed by atoms with van der Waals surface area (Å²) in [5.74, 6) is 0.711. The van der Waals surface area contributed by atoms with E-state index in [0.29, 0.717) is 22.4 Å². The number of benzene rings is 3. The maximum absolute atomic E-state index is 6.19. The minimum Gasteiger partial charge on any atom is -0.488 e. The van der Waals surface area contributed by atoms with Crippen molar-refractivity contribution in [1.29, 1.82) is 0 Å². The van der Waals surface area contributed by atoms with Crippen LogP contribution in [0.25, 0.3) is 0 Å². The first kappa shape index (κ1) is 18.5. The summed E-state index contributed by atoms with van der Waals surface area (Å²) >= 11 is 12.3. The van der Waals surface area contributed by atoms with Crippen molar-refractivity contribution in [2.45, 2.75) is 20.0 Å². The molecule has 0 unspecified atom stereocenters. The SMILES string of the molecule is CCc1ccc(N=Cc2cc(Cl)ccc2OCc2ccccc2Cl)cc1. The molecule has 0 aliphatic carbocycles. The predicted molar refractivity (Wildman–Crippen MR) is 110 cm³/mol. The molecule has 0 aliphatic rings. The molecule has 0 saturated carbocycles. The van der Waals surface area contributed by atoms with Crippen LogP contribution in [0.5, 0.6) is 5.75 Å². The third-order valence-electron chi connectivity index (χ3n) is 4.01. The normalized spacial score (nSPS) is 11.0. The van der Waals surface area contributed by atoms with Gasteiger partial charge in [-0.3, -0.25) is 4.99 Å². The molecule has 0 radical (unpaired) electrons. The first-order valence-electron chi connectivity index (χ1n) is 8.44. The quantitative estimate of drug-likeness (QED) is 0.424. The summed E-state index contributed by atoms with van der Waals surface area (Å²) in [4.78, 5) is 4.54. The molecular weight excluding hydrogens is 365 g/mol. The van der Waals surface area contributed by atoms with Crippen molar-refractivity contribution >= 4 is 35.1 Å². The number of aryl methyl sites for hydroxylation is 1. The number of ether oxygens (including phenoxy) is 1. The molecule has 0 aliphatic heterocycles. The van der Waals surface area contributed by atoms with E-state index in [4.69, 9.17) is 27.9 Å². The summed E-state index contributed by atoms with van der Waals surface area (Å²) in [6.45, 7) is 2.51. The Morgan fingerprint density at radius 1 is 0.962 bits per heavy atom. The summed E-state index contributed by atoms with van der Waals surface area (Å²) in [5, 5.41) is 1.32. The molecule has 2 nitrogen and oxygen atoms in total. The van der Waals surface area contributed by atoms with Gasteiger partial charge in [0.05, 0.1) is 5.69 Å². The van der Waals surface area contributed by atoms with Crippen molar-refractivity contribution in [3.8, 4) is 5.75 Å². The molecule has 3 aromatic carbocycles. The maximum Gasteiger partial charge on any atom is 0.128 e. The second kappa shape index (κ2) is 8.88. The van der Waals surface area contributed by atoms with Gasteiger partial charge in [-0.2, -0.15) is 0 Å². The molecule has 0 saturated heterocycles. The molecule has 0 N–H and O–H groups in total. The van der Waals surface area contributed by atoms with Gasteiger partial charge in [0.1, 0.15) is 12.4 Å². The van der Waals surface area contributed by atoms with Crippen LogP contribution in [0.3, 0.4) is 0 Å². The summed E-state index contributed by atoms with van der Waals surface area (Å²) in [7, 11) is 0. The zero-order valence-electron chi connectivity index (χ0n) is 14.5. The van der Waals surface area contributed by atoms with Gasteiger partial charge in [-0.1, -0.05) is 60.5 Å². The molecule has 4 heteroatoms. The van der Waals surface area contributed by atoms with Gasteiger partial charge < -0.3 is 4.74 Å². The van der Waals surface area contributed by atoms with Gasteiger partial charge in [0.2, 0.25) is 0 Å². The zero-order valence-corrected chi connectivity index (χ0v) is 16.0. The van der Waals surface area contributed by atoms with Gasteiger partial charge >= 0.3 is 0 Å². The fraction of sp³-hybridized carbons (Fsp3) is 0.136. The molecule has 0 aromatic heterocycles. The van der Waals surface area contributed by atoms with E-state index in [1.54, 1.807) is 12.3 Å². The Morgan fingerprint density at radius 3 is 2.46 bits per heavy atom. The Hall–Kier alpha value is -2.29. The summed E-state index contributed by atoms with van der Waals surface area (Å²) in [5.41, 5.74) is 3.93. The zero-order chi connectivity index (χ0) is 18.4. The minimum absolute atomic E-state index is 0.382. The van der Waals surface area contributed by atoms with E-state index in [-0.39, 0.29) is 0 Å². The lowest BCUT2D eigenvalue weighted by atomic mass is 10.1. The van der Waals surface area contributed by atoms with Crippen LogP contribution in [0.15, 0.2) is 71.7 Å². The maximum atomic E-state index is 6.19. The largest absolute Gasteiger partial charge is 0.488 e. The smallest absolute Gasteiger partial charge is 0.128 e. The number of aliphatic imine (C=N–C) groups is 1. The molecular formula is C22H19Cl2NO. The van der Waals surface area contributed by atoms with Crippen molar-refractivity contribution in [3.05, 3.63) is 93.5 Å². The molecule has 0 fully saturated rings. The number of halogens is 2. The van der Waals surface area contributed by atoms with Gasteiger partial charge in [0.15, 0.2) is 0 Å². The Balaban J connectivity index is 1.79.